The third kappa shape index (κ3) is 3.24. The quantitative estimate of drug-likeness (QED) is 0.782. The zero-order valence-electron chi connectivity index (χ0n) is 14.2. The fourth-order valence-electron chi connectivity index (χ4n) is 3.01. The molecule has 136 valence electrons. The maximum atomic E-state index is 13.6. The van der Waals surface area contributed by atoms with E-state index in [0.29, 0.717) is 17.0 Å². The van der Waals surface area contributed by atoms with Crippen molar-refractivity contribution in [3.8, 4) is 5.75 Å². The number of rotatable bonds is 6. The second-order valence-electron chi connectivity index (χ2n) is 5.93. The number of imide groups is 1. The highest BCUT2D eigenvalue weighted by molar-refractivity contribution is 6.30. The topological polar surface area (TPSA) is 58.6 Å². The third-order valence-corrected chi connectivity index (χ3v) is 4.70. The molecule has 2 aromatic rings. The van der Waals surface area contributed by atoms with Gasteiger partial charge in [-0.3, -0.25) is 9.69 Å². The molecular formula is C19H18ClFN2O3. The Morgan fingerprint density at radius 1 is 1.15 bits per heavy atom. The Bertz CT molecular complexity index is 828. The van der Waals surface area contributed by atoms with Crippen molar-refractivity contribution in [2.45, 2.75) is 18.9 Å². The van der Waals surface area contributed by atoms with Gasteiger partial charge in [-0.1, -0.05) is 42.8 Å². The lowest BCUT2D eigenvalue weighted by Gasteiger charge is -2.25. The van der Waals surface area contributed by atoms with Crippen molar-refractivity contribution in [2.24, 2.45) is 0 Å². The van der Waals surface area contributed by atoms with Gasteiger partial charge in [0.05, 0.1) is 6.54 Å². The molecule has 3 amide bonds. The number of urea groups is 1. The molecule has 1 N–H and O–H groups in total. The summed E-state index contributed by atoms with van der Waals surface area (Å²) in [6, 6.07) is 12.3. The third-order valence-electron chi connectivity index (χ3n) is 4.45. The summed E-state index contributed by atoms with van der Waals surface area (Å²) in [6.07, 6.45) is 0.393. The van der Waals surface area contributed by atoms with Crippen LogP contribution in [-0.2, 0) is 10.3 Å². The van der Waals surface area contributed by atoms with Crippen LogP contribution < -0.4 is 10.1 Å². The number of carbonyl (C=O) groups excluding carboxylic acids is 2. The molecule has 0 saturated carbocycles. The summed E-state index contributed by atoms with van der Waals surface area (Å²) in [7, 11) is 0. The number of nitrogens with zero attached hydrogens (tertiary/aromatic N) is 1. The van der Waals surface area contributed by atoms with Gasteiger partial charge in [0.25, 0.3) is 5.91 Å². The van der Waals surface area contributed by atoms with E-state index in [1.165, 1.54) is 12.1 Å². The van der Waals surface area contributed by atoms with E-state index < -0.39 is 17.4 Å². The van der Waals surface area contributed by atoms with Crippen LogP contribution in [0.2, 0.25) is 5.02 Å². The Labute approximate surface area is 155 Å². The molecule has 1 saturated heterocycles. The van der Waals surface area contributed by atoms with Gasteiger partial charge >= 0.3 is 6.03 Å². The molecule has 1 aliphatic heterocycles. The molecule has 1 aliphatic rings. The van der Waals surface area contributed by atoms with E-state index >= 15 is 0 Å². The van der Waals surface area contributed by atoms with Crippen LogP contribution in [0.5, 0.6) is 5.75 Å². The molecule has 26 heavy (non-hydrogen) atoms. The van der Waals surface area contributed by atoms with Crippen molar-refractivity contribution in [3.63, 3.8) is 0 Å². The number of para-hydroxylation sites is 1. The second kappa shape index (κ2) is 7.33. The Hall–Kier alpha value is -2.60. The lowest BCUT2D eigenvalue weighted by Crippen LogP contribution is -2.43. The summed E-state index contributed by atoms with van der Waals surface area (Å²) in [4.78, 5) is 26.4. The van der Waals surface area contributed by atoms with Crippen molar-refractivity contribution in [3.05, 3.63) is 64.9 Å². The number of amides is 3. The smallest absolute Gasteiger partial charge is 0.325 e. The van der Waals surface area contributed by atoms with E-state index in [9.17, 15) is 14.0 Å². The summed E-state index contributed by atoms with van der Waals surface area (Å²) in [5.41, 5.74) is -0.458. The van der Waals surface area contributed by atoms with Crippen molar-refractivity contribution in [1.29, 1.82) is 0 Å². The number of nitrogens with one attached hydrogen (secondary N) is 1. The summed E-state index contributed by atoms with van der Waals surface area (Å²) in [5, 5.41) is 3.33. The molecule has 0 aromatic heterocycles. The molecule has 1 heterocycles. The largest absolute Gasteiger partial charge is 0.489 e. The van der Waals surface area contributed by atoms with Gasteiger partial charge in [-0.15, -0.1) is 0 Å². The van der Waals surface area contributed by atoms with E-state index in [1.807, 2.05) is 6.92 Å². The van der Waals surface area contributed by atoms with Crippen LogP contribution in [0.15, 0.2) is 48.5 Å². The van der Waals surface area contributed by atoms with E-state index in [0.717, 1.165) is 4.90 Å². The zero-order chi connectivity index (χ0) is 18.7. The monoisotopic (exact) mass is 376 g/mol. The van der Waals surface area contributed by atoms with E-state index in [1.54, 1.807) is 36.4 Å². The second-order valence-corrected chi connectivity index (χ2v) is 6.37. The molecule has 3 rings (SSSR count). The predicted molar refractivity (Wildman–Crippen MR) is 95.6 cm³/mol. The lowest BCUT2D eigenvalue weighted by atomic mass is 9.87. The van der Waals surface area contributed by atoms with Crippen LogP contribution in [0.25, 0.3) is 0 Å². The Balaban J connectivity index is 1.73. The molecule has 7 heteroatoms. The highest BCUT2D eigenvalue weighted by atomic mass is 35.5. The van der Waals surface area contributed by atoms with Crippen LogP contribution in [0.1, 0.15) is 18.9 Å². The van der Waals surface area contributed by atoms with Gasteiger partial charge < -0.3 is 10.1 Å². The van der Waals surface area contributed by atoms with Gasteiger partial charge in [-0.05, 0) is 36.2 Å². The van der Waals surface area contributed by atoms with Gasteiger partial charge in [0, 0.05) is 5.02 Å². The van der Waals surface area contributed by atoms with Crippen LogP contribution in [0.3, 0.4) is 0 Å². The molecule has 1 fully saturated rings. The number of halogens is 2. The van der Waals surface area contributed by atoms with Crippen molar-refractivity contribution >= 4 is 23.5 Å². The minimum atomic E-state index is -1.13. The first-order chi connectivity index (χ1) is 12.5. The normalized spacial score (nSPS) is 19.6. The van der Waals surface area contributed by atoms with Crippen LogP contribution in [0.4, 0.5) is 9.18 Å². The summed E-state index contributed by atoms with van der Waals surface area (Å²) >= 11 is 5.91. The molecule has 1 unspecified atom stereocenters. The van der Waals surface area contributed by atoms with Crippen molar-refractivity contribution in [1.82, 2.24) is 10.2 Å². The van der Waals surface area contributed by atoms with Gasteiger partial charge in [-0.25, -0.2) is 9.18 Å². The maximum absolute atomic E-state index is 13.6. The molecule has 5 nitrogen and oxygen atoms in total. The van der Waals surface area contributed by atoms with Gasteiger partial charge in [0.15, 0.2) is 11.6 Å². The standard InChI is InChI=1S/C19H18ClFN2O3/c1-2-19(13-7-9-14(20)10-8-13)17(24)23(18(25)22-19)11-12-26-16-6-4-3-5-15(16)21/h3-10H,2,11-12H2,1H3,(H,22,25). The minimum absolute atomic E-state index is 0.000501. The molecule has 0 bridgehead atoms. The molecule has 0 aliphatic carbocycles. The fourth-order valence-corrected chi connectivity index (χ4v) is 3.14. The fraction of sp³-hybridized carbons (Fsp3) is 0.263. The predicted octanol–water partition coefficient (Wildman–Crippen LogP) is 3.72. The molecule has 1 atom stereocenters. The number of hydrogen-bond acceptors (Lipinski definition) is 3. The Morgan fingerprint density at radius 3 is 2.50 bits per heavy atom. The number of benzene rings is 2. The Kier molecular flexibility index (Phi) is 5.13. The van der Waals surface area contributed by atoms with Gasteiger partial charge in [0.1, 0.15) is 12.1 Å². The average molecular weight is 377 g/mol. The highest BCUT2D eigenvalue weighted by Crippen LogP contribution is 2.33. The first-order valence-electron chi connectivity index (χ1n) is 8.25. The van der Waals surface area contributed by atoms with E-state index in [2.05, 4.69) is 5.32 Å². The van der Waals surface area contributed by atoms with Gasteiger partial charge in [0.2, 0.25) is 0 Å². The molecule has 2 aromatic carbocycles. The summed E-state index contributed by atoms with van der Waals surface area (Å²) in [6.45, 7) is 1.85. The molecule has 0 spiro atoms. The maximum Gasteiger partial charge on any atom is 0.325 e. The van der Waals surface area contributed by atoms with Crippen LogP contribution in [-0.4, -0.2) is 30.0 Å². The zero-order valence-corrected chi connectivity index (χ0v) is 14.9. The first kappa shape index (κ1) is 18.2. The van der Waals surface area contributed by atoms with Crippen LogP contribution >= 0.6 is 11.6 Å². The molecular weight excluding hydrogens is 359 g/mol. The van der Waals surface area contributed by atoms with Crippen molar-refractivity contribution < 1.29 is 18.7 Å². The van der Waals surface area contributed by atoms with Crippen molar-refractivity contribution in [2.75, 3.05) is 13.2 Å². The number of hydrogen-bond donors (Lipinski definition) is 1. The number of ether oxygens (including phenoxy) is 1. The van der Waals surface area contributed by atoms with E-state index in [-0.39, 0.29) is 24.8 Å². The SMILES string of the molecule is CCC1(c2ccc(Cl)cc2)NC(=O)N(CCOc2ccccc2F)C1=O. The van der Waals surface area contributed by atoms with Crippen LogP contribution in [0, 0.1) is 5.82 Å². The summed E-state index contributed by atoms with van der Waals surface area (Å²) in [5.74, 6) is -0.766. The average Bonchev–Trinajstić information content (AvgIpc) is 2.89. The van der Waals surface area contributed by atoms with Gasteiger partial charge in [-0.2, -0.15) is 0 Å². The Morgan fingerprint density at radius 2 is 1.85 bits per heavy atom. The number of carbonyl (C=O) groups is 2. The molecule has 0 radical (unpaired) electrons. The van der Waals surface area contributed by atoms with E-state index in [4.69, 9.17) is 16.3 Å². The highest BCUT2D eigenvalue weighted by Gasteiger charge is 2.51. The minimum Gasteiger partial charge on any atom is -0.489 e. The first-order valence-corrected chi connectivity index (χ1v) is 8.63. The summed E-state index contributed by atoms with van der Waals surface area (Å²) < 4.78 is 18.9. The lowest BCUT2D eigenvalue weighted by molar-refractivity contribution is -0.132.